The largest absolute Gasteiger partial charge is 0.462 e. The van der Waals surface area contributed by atoms with Crippen LogP contribution < -0.4 is 4.74 Å². The molecule has 162 valence electrons. The van der Waals surface area contributed by atoms with Crippen molar-refractivity contribution in [3.63, 3.8) is 0 Å². The molecule has 0 unspecified atom stereocenters. The van der Waals surface area contributed by atoms with E-state index >= 15 is 0 Å². The van der Waals surface area contributed by atoms with E-state index in [1.54, 1.807) is 50.2 Å². The zero-order chi connectivity index (χ0) is 22.8. The molecule has 6 heteroatoms. The van der Waals surface area contributed by atoms with E-state index in [-0.39, 0.29) is 13.2 Å². The molecule has 2 aromatic carbocycles. The van der Waals surface area contributed by atoms with Gasteiger partial charge in [0.05, 0.1) is 18.8 Å². The molecule has 0 spiro atoms. The summed E-state index contributed by atoms with van der Waals surface area (Å²) in [5.41, 5.74) is 3.02. The van der Waals surface area contributed by atoms with Crippen molar-refractivity contribution in [2.24, 2.45) is 0 Å². The van der Waals surface area contributed by atoms with Crippen LogP contribution in [0, 0.1) is 0 Å². The van der Waals surface area contributed by atoms with Gasteiger partial charge in [0.25, 0.3) is 0 Å². The Morgan fingerprint density at radius 3 is 1.55 bits per heavy atom. The van der Waals surface area contributed by atoms with Crippen LogP contribution in [0.5, 0.6) is 5.75 Å². The zero-order valence-corrected chi connectivity index (χ0v) is 17.8. The average molecular weight is 422 g/mol. The molecule has 0 N–H and O–H groups in total. The Morgan fingerprint density at radius 2 is 1.13 bits per heavy atom. The quantitative estimate of drug-likeness (QED) is 0.324. The number of benzene rings is 2. The number of ether oxygens (including phenoxy) is 3. The predicted octanol–water partition coefficient (Wildman–Crippen LogP) is 4.23. The minimum absolute atomic E-state index is 0.244. The van der Waals surface area contributed by atoms with E-state index in [4.69, 9.17) is 14.2 Å². The highest BCUT2D eigenvalue weighted by Crippen LogP contribution is 2.15. The summed E-state index contributed by atoms with van der Waals surface area (Å²) in [7, 11) is 0. The molecule has 0 heterocycles. The summed E-state index contributed by atoms with van der Waals surface area (Å²) < 4.78 is 15.5. The van der Waals surface area contributed by atoms with Crippen LogP contribution in [0.4, 0.5) is 0 Å². The minimum atomic E-state index is -0.469. The van der Waals surface area contributed by atoms with Crippen molar-refractivity contribution in [2.45, 2.75) is 26.7 Å². The standard InChI is InChI=1S/C25H26O6/c1-17(2)23(26)29-15-13-19-5-9-21(10-6-19)25(28)31-22-11-7-20(8-12-22)14-16-30-24(27)18(3)4/h5-12H,1,3,13-16H2,2,4H3. The molecule has 0 fully saturated rings. The third-order valence-corrected chi connectivity index (χ3v) is 4.27. The molecule has 0 radical (unpaired) electrons. The van der Waals surface area contributed by atoms with Gasteiger partial charge in [-0.2, -0.15) is 0 Å². The zero-order valence-electron chi connectivity index (χ0n) is 17.8. The Labute approximate surface area is 182 Å². The van der Waals surface area contributed by atoms with Gasteiger partial charge in [0.1, 0.15) is 5.75 Å². The fourth-order valence-electron chi connectivity index (χ4n) is 2.47. The molecule has 31 heavy (non-hydrogen) atoms. The van der Waals surface area contributed by atoms with E-state index in [0.29, 0.717) is 35.3 Å². The number of carbonyl (C=O) groups is 3. The van der Waals surface area contributed by atoms with Gasteiger partial charge in [-0.15, -0.1) is 0 Å². The lowest BCUT2D eigenvalue weighted by Crippen LogP contribution is -2.10. The average Bonchev–Trinajstić information content (AvgIpc) is 2.75. The molecule has 0 aliphatic rings. The van der Waals surface area contributed by atoms with Gasteiger partial charge < -0.3 is 14.2 Å². The first-order chi connectivity index (χ1) is 14.8. The molecule has 0 aliphatic carbocycles. The molecule has 0 amide bonds. The molecule has 0 aliphatic heterocycles. The van der Waals surface area contributed by atoms with Crippen molar-refractivity contribution in [1.82, 2.24) is 0 Å². The molecular formula is C25H26O6. The third-order valence-electron chi connectivity index (χ3n) is 4.27. The second-order valence-electron chi connectivity index (χ2n) is 7.06. The highest BCUT2D eigenvalue weighted by atomic mass is 16.5. The van der Waals surface area contributed by atoms with Crippen molar-refractivity contribution < 1.29 is 28.6 Å². The lowest BCUT2D eigenvalue weighted by atomic mass is 10.1. The molecule has 0 saturated carbocycles. The SMILES string of the molecule is C=C(C)C(=O)OCCc1ccc(OC(=O)c2ccc(CCOC(=O)C(=C)C)cc2)cc1. The van der Waals surface area contributed by atoms with E-state index in [1.165, 1.54) is 0 Å². The lowest BCUT2D eigenvalue weighted by Gasteiger charge is -2.08. The topological polar surface area (TPSA) is 78.9 Å². The maximum Gasteiger partial charge on any atom is 0.343 e. The highest BCUT2D eigenvalue weighted by Gasteiger charge is 2.10. The second kappa shape index (κ2) is 11.5. The lowest BCUT2D eigenvalue weighted by molar-refractivity contribution is -0.139. The highest BCUT2D eigenvalue weighted by molar-refractivity contribution is 5.91. The monoisotopic (exact) mass is 422 g/mol. The number of carbonyl (C=O) groups excluding carboxylic acids is 3. The van der Waals surface area contributed by atoms with Crippen molar-refractivity contribution in [3.8, 4) is 5.75 Å². The number of hydrogen-bond acceptors (Lipinski definition) is 6. The van der Waals surface area contributed by atoms with Crippen molar-refractivity contribution in [1.29, 1.82) is 0 Å². The Hall–Kier alpha value is -3.67. The number of esters is 3. The van der Waals surface area contributed by atoms with E-state index in [9.17, 15) is 14.4 Å². The van der Waals surface area contributed by atoms with E-state index in [0.717, 1.165) is 11.1 Å². The van der Waals surface area contributed by atoms with Gasteiger partial charge in [-0.25, -0.2) is 14.4 Å². The van der Waals surface area contributed by atoms with Gasteiger partial charge >= 0.3 is 17.9 Å². The van der Waals surface area contributed by atoms with Crippen molar-refractivity contribution >= 4 is 17.9 Å². The normalized spacial score (nSPS) is 10.1. The van der Waals surface area contributed by atoms with Gasteiger partial charge in [0.2, 0.25) is 0 Å². The van der Waals surface area contributed by atoms with Crippen LogP contribution in [0.1, 0.15) is 35.3 Å². The maximum atomic E-state index is 12.3. The summed E-state index contributed by atoms with van der Waals surface area (Å²) in [5, 5.41) is 0. The fourth-order valence-corrected chi connectivity index (χ4v) is 2.47. The Kier molecular flexibility index (Phi) is 8.76. The summed E-state index contributed by atoms with van der Waals surface area (Å²) >= 11 is 0. The van der Waals surface area contributed by atoms with E-state index < -0.39 is 17.9 Å². The first-order valence-electron chi connectivity index (χ1n) is 9.81. The van der Waals surface area contributed by atoms with Crippen LogP contribution in [-0.4, -0.2) is 31.1 Å². The molecule has 2 aromatic rings. The Balaban J connectivity index is 1.81. The molecule has 6 nitrogen and oxygen atoms in total. The van der Waals surface area contributed by atoms with Crippen LogP contribution in [-0.2, 0) is 31.9 Å². The van der Waals surface area contributed by atoms with Gasteiger partial charge in [0.15, 0.2) is 0 Å². The first kappa shape index (κ1) is 23.6. The van der Waals surface area contributed by atoms with Crippen molar-refractivity contribution in [2.75, 3.05) is 13.2 Å². The molecule has 0 saturated heterocycles. The minimum Gasteiger partial charge on any atom is -0.462 e. The Bertz CT molecular complexity index is 955. The maximum absolute atomic E-state index is 12.3. The predicted molar refractivity (Wildman–Crippen MR) is 117 cm³/mol. The smallest absolute Gasteiger partial charge is 0.343 e. The van der Waals surface area contributed by atoms with Crippen LogP contribution in [0.15, 0.2) is 72.8 Å². The van der Waals surface area contributed by atoms with Gasteiger partial charge in [0, 0.05) is 24.0 Å². The third kappa shape index (κ3) is 7.93. The van der Waals surface area contributed by atoms with Crippen LogP contribution in [0.25, 0.3) is 0 Å². The van der Waals surface area contributed by atoms with Crippen LogP contribution in [0.2, 0.25) is 0 Å². The van der Waals surface area contributed by atoms with Crippen LogP contribution in [0.3, 0.4) is 0 Å². The van der Waals surface area contributed by atoms with Crippen LogP contribution >= 0.6 is 0 Å². The molecule has 0 atom stereocenters. The molecule has 0 bridgehead atoms. The summed E-state index contributed by atoms with van der Waals surface area (Å²) in [4.78, 5) is 35.1. The molecular weight excluding hydrogens is 396 g/mol. The van der Waals surface area contributed by atoms with Crippen molar-refractivity contribution in [3.05, 3.63) is 89.5 Å². The second-order valence-corrected chi connectivity index (χ2v) is 7.06. The van der Waals surface area contributed by atoms with E-state index in [1.807, 2.05) is 12.1 Å². The summed E-state index contributed by atoms with van der Waals surface area (Å²) in [6.45, 7) is 10.8. The summed E-state index contributed by atoms with van der Waals surface area (Å²) in [6, 6.07) is 13.9. The summed E-state index contributed by atoms with van der Waals surface area (Å²) in [6.07, 6.45) is 1.09. The van der Waals surface area contributed by atoms with E-state index in [2.05, 4.69) is 13.2 Å². The fraction of sp³-hybridized carbons (Fsp3) is 0.240. The summed E-state index contributed by atoms with van der Waals surface area (Å²) in [5.74, 6) is -0.879. The van der Waals surface area contributed by atoms with Gasteiger partial charge in [-0.1, -0.05) is 37.4 Å². The number of hydrogen-bond donors (Lipinski definition) is 0. The molecule has 2 rings (SSSR count). The first-order valence-corrected chi connectivity index (χ1v) is 9.81. The Morgan fingerprint density at radius 1 is 0.710 bits per heavy atom. The van der Waals surface area contributed by atoms with Gasteiger partial charge in [-0.05, 0) is 49.2 Å². The number of rotatable bonds is 10. The molecule has 0 aromatic heterocycles. The van der Waals surface area contributed by atoms with Gasteiger partial charge in [-0.3, -0.25) is 0 Å².